The lowest BCUT2D eigenvalue weighted by Gasteiger charge is -2.38. The average molecular weight is 350 g/mol. The molecule has 1 aromatic carbocycles. The van der Waals surface area contributed by atoms with Crippen molar-refractivity contribution in [2.75, 3.05) is 6.79 Å². The Morgan fingerprint density at radius 3 is 2.48 bits per heavy atom. The predicted molar refractivity (Wildman–Crippen MR) is 88.7 cm³/mol. The summed E-state index contributed by atoms with van der Waals surface area (Å²) in [6.45, 7) is 5.63. The van der Waals surface area contributed by atoms with Gasteiger partial charge in [0.1, 0.15) is 6.10 Å². The number of nitro groups is 1. The van der Waals surface area contributed by atoms with Gasteiger partial charge in [0.15, 0.2) is 11.5 Å². The largest absolute Gasteiger partial charge is 0.454 e. The van der Waals surface area contributed by atoms with Gasteiger partial charge in [0, 0.05) is 12.1 Å². The molecule has 0 bridgehead atoms. The zero-order chi connectivity index (χ0) is 18.1. The van der Waals surface area contributed by atoms with Crippen LogP contribution < -0.4 is 9.47 Å². The summed E-state index contributed by atoms with van der Waals surface area (Å²) in [6, 6.07) is 3.01. The minimum atomic E-state index is -0.774. The van der Waals surface area contributed by atoms with Crippen LogP contribution in [-0.4, -0.2) is 34.8 Å². The molecule has 25 heavy (non-hydrogen) atoms. The Morgan fingerprint density at radius 2 is 1.88 bits per heavy atom. The van der Waals surface area contributed by atoms with Gasteiger partial charge < -0.3 is 19.1 Å². The van der Waals surface area contributed by atoms with E-state index in [1.54, 1.807) is 11.8 Å². The number of amides is 1. The Bertz CT molecular complexity index is 682. The van der Waals surface area contributed by atoms with E-state index in [4.69, 9.17) is 14.2 Å². The molecule has 0 saturated carbocycles. The van der Waals surface area contributed by atoms with Gasteiger partial charge in [-0.15, -0.1) is 0 Å². The van der Waals surface area contributed by atoms with Gasteiger partial charge in [0.25, 0.3) is 5.69 Å². The molecule has 1 saturated heterocycles. The van der Waals surface area contributed by atoms with E-state index in [9.17, 15) is 14.9 Å². The summed E-state index contributed by atoms with van der Waals surface area (Å²) in [5.74, 6) is 0.746. The third-order valence-corrected chi connectivity index (χ3v) is 4.84. The summed E-state index contributed by atoms with van der Waals surface area (Å²) >= 11 is 0. The molecular weight excluding hydrogens is 328 g/mol. The Morgan fingerprint density at radius 1 is 1.28 bits per heavy atom. The highest BCUT2D eigenvalue weighted by molar-refractivity contribution is 5.69. The number of carbonyl (C=O) groups excluding carboxylic acids is 1. The third-order valence-electron chi connectivity index (χ3n) is 4.84. The monoisotopic (exact) mass is 350 g/mol. The smallest absolute Gasteiger partial charge is 0.410 e. The van der Waals surface area contributed by atoms with Crippen LogP contribution in [0.3, 0.4) is 0 Å². The van der Waals surface area contributed by atoms with Crippen LogP contribution in [0.2, 0.25) is 0 Å². The number of likely N-dealkylation sites (tertiary alicyclic amines) is 1. The summed E-state index contributed by atoms with van der Waals surface area (Å²) in [7, 11) is 0. The van der Waals surface area contributed by atoms with E-state index in [-0.39, 0.29) is 24.6 Å². The molecule has 0 radical (unpaired) electrons. The first kappa shape index (κ1) is 17.3. The molecule has 1 fully saturated rings. The number of ether oxygens (including phenoxy) is 3. The number of nitrogens with zero attached hydrogens (tertiary/aromatic N) is 2. The van der Waals surface area contributed by atoms with Crippen molar-refractivity contribution in [2.24, 2.45) is 0 Å². The summed E-state index contributed by atoms with van der Waals surface area (Å²) in [5, 5.41) is 11.4. The van der Waals surface area contributed by atoms with Gasteiger partial charge in [-0.2, -0.15) is 0 Å². The van der Waals surface area contributed by atoms with Crippen LogP contribution in [0.4, 0.5) is 10.5 Å². The Labute approximate surface area is 145 Å². The minimum absolute atomic E-state index is 0.0208. The molecule has 8 heteroatoms. The molecule has 3 atom stereocenters. The number of benzene rings is 1. The minimum Gasteiger partial charge on any atom is -0.454 e. The van der Waals surface area contributed by atoms with Crippen LogP contribution in [0.5, 0.6) is 11.5 Å². The van der Waals surface area contributed by atoms with Crippen molar-refractivity contribution < 1.29 is 23.9 Å². The second-order valence-electron chi connectivity index (χ2n) is 6.58. The summed E-state index contributed by atoms with van der Waals surface area (Å²) in [6.07, 6.45) is 1.72. The Kier molecular flexibility index (Phi) is 4.69. The van der Waals surface area contributed by atoms with Crippen LogP contribution in [0.1, 0.15) is 51.7 Å². The molecule has 2 heterocycles. The molecule has 0 N–H and O–H groups in total. The quantitative estimate of drug-likeness (QED) is 0.608. The van der Waals surface area contributed by atoms with Crippen LogP contribution >= 0.6 is 0 Å². The van der Waals surface area contributed by atoms with Crippen molar-refractivity contribution >= 4 is 11.8 Å². The van der Waals surface area contributed by atoms with Crippen molar-refractivity contribution in [3.8, 4) is 11.5 Å². The molecule has 2 aliphatic heterocycles. The van der Waals surface area contributed by atoms with Gasteiger partial charge in [-0.1, -0.05) is 0 Å². The standard InChI is InChI=1S/C17H22N2O6/c1-10-5-4-6-11(2)18(10)17(20)25-12(3)13-7-15-16(24-9-23-15)8-14(13)19(21)22/h7-8,10-12H,4-6,9H2,1-3H3. The van der Waals surface area contributed by atoms with Crippen molar-refractivity contribution in [2.45, 2.75) is 58.2 Å². The lowest BCUT2D eigenvalue weighted by molar-refractivity contribution is -0.386. The number of hydrogen-bond acceptors (Lipinski definition) is 6. The van der Waals surface area contributed by atoms with Crippen LogP contribution in [0.15, 0.2) is 12.1 Å². The van der Waals surface area contributed by atoms with Crippen LogP contribution in [-0.2, 0) is 4.74 Å². The molecule has 0 aromatic heterocycles. The Balaban J connectivity index is 1.82. The van der Waals surface area contributed by atoms with Crippen molar-refractivity contribution in [1.29, 1.82) is 0 Å². The molecule has 3 rings (SSSR count). The molecule has 8 nitrogen and oxygen atoms in total. The summed E-state index contributed by atoms with van der Waals surface area (Å²) < 4.78 is 16.0. The van der Waals surface area contributed by atoms with Crippen molar-refractivity contribution in [3.05, 3.63) is 27.8 Å². The summed E-state index contributed by atoms with van der Waals surface area (Å²) in [5.41, 5.74) is 0.143. The average Bonchev–Trinajstić information content (AvgIpc) is 3.00. The first-order valence-corrected chi connectivity index (χ1v) is 8.45. The maximum Gasteiger partial charge on any atom is 0.410 e. The molecule has 1 amide bonds. The Hall–Kier alpha value is -2.51. The van der Waals surface area contributed by atoms with Crippen molar-refractivity contribution in [1.82, 2.24) is 4.90 Å². The van der Waals surface area contributed by atoms with Crippen LogP contribution in [0.25, 0.3) is 0 Å². The van der Waals surface area contributed by atoms with Gasteiger partial charge in [0.2, 0.25) is 6.79 Å². The predicted octanol–water partition coefficient (Wildman–Crippen LogP) is 3.78. The second-order valence-corrected chi connectivity index (χ2v) is 6.58. The normalized spacial score (nSPS) is 23.2. The van der Waals surface area contributed by atoms with Gasteiger partial charge in [-0.3, -0.25) is 10.1 Å². The SMILES string of the molecule is CC(OC(=O)N1C(C)CCCC1C)c1cc2c(cc1[N+](=O)[O-])OCO2. The molecule has 1 aromatic rings. The zero-order valence-corrected chi connectivity index (χ0v) is 14.6. The van der Waals surface area contributed by atoms with Gasteiger partial charge in [0.05, 0.1) is 16.6 Å². The van der Waals surface area contributed by atoms with Crippen molar-refractivity contribution in [3.63, 3.8) is 0 Å². The van der Waals surface area contributed by atoms with Crippen LogP contribution in [0, 0.1) is 10.1 Å². The summed E-state index contributed by atoms with van der Waals surface area (Å²) in [4.78, 5) is 25.2. The highest BCUT2D eigenvalue weighted by atomic mass is 16.7. The fourth-order valence-corrected chi connectivity index (χ4v) is 3.49. The third kappa shape index (κ3) is 3.33. The molecular formula is C17H22N2O6. The number of nitro benzene ring substituents is 1. The second kappa shape index (κ2) is 6.78. The van der Waals surface area contributed by atoms with E-state index in [1.165, 1.54) is 12.1 Å². The number of fused-ring (bicyclic) bond motifs is 1. The van der Waals surface area contributed by atoms with E-state index < -0.39 is 17.1 Å². The fourth-order valence-electron chi connectivity index (χ4n) is 3.49. The van der Waals surface area contributed by atoms with E-state index in [0.29, 0.717) is 17.1 Å². The molecule has 136 valence electrons. The van der Waals surface area contributed by atoms with Gasteiger partial charge in [-0.05, 0) is 46.1 Å². The lowest BCUT2D eigenvalue weighted by Crippen LogP contribution is -2.47. The molecule has 2 aliphatic rings. The van der Waals surface area contributed by atoms with Gasteiger partial charge >= 0.3 is 6.09 Å². The van der Waals surface area contributed by atoms with E-state index in [0.717, 1.165) is 19.3 Å². The fraction of sp³-hybridized carbons (Fsp3) is 0.588. The number of piperidine rings is 1. The number of carbonyl (C=O) groups is 1. The van der Waals surface area contributed by atoms with E-state index in [1.807, 2.05) is 13.8 Å². The van der Waals surface area contributed by atoms with Gasteiger partial charge in [-0.25, -0.2) is 4.79 Å². The first-order valence-electron chi connectivity index (χ1n) is 8.45. The molecule has 3 unspecified atom stereocenters. The zero-order valence-electron chi connectivity index (χ0n) is 14.6. The highest BCUT2D eigenvalue weighted by Gasteiger charge is 2.33. The first-order chi connectivity index (χ1) is 11.9. The molecule has 0 aliphatic carbocycles. The molecule has 0 spiro atoms. The maximum absolute atomic E-state index is 12.6. The maximum atomic E-state index is 12.6. The number of hydrogen-bond donors (Lipinski definition) is 0. The topological polar surface area (TPSA) is 91.1 Å². The number of rotatable bonds is 3. The van der Waals surface area contributed by atoms with E-state index >= 15 is 0 Å². The lowest BCUT2D eigenvalue weighted by atomic mass is 9.98. The highest BCUT2D eigenvalue weighted by Crippen LogP contribution is 2.41. The van der Waals surface area contributed by atoms with E-state index in [2.05, 4.69) is 0 Å².